The predicted molar refractivity (Wildman–Crippen MR) is 108 cm³/mol. The molecule has 2 bridgehead atoms. The zero-order chi connectivity index (χ0) is 20.8. The highest BCUT2D eigenvalue weighted by Gasteiger charge is 2.39. The number of fused-ring (bicyclic) bond motifs is 4. The van der Waals surface area contributed by atoms with Crippen LogP contribution in [0.15, 0.2) is 46.1 Å². The summed E-state index contributed by atoms with van der Waals surface area (Å²) in [7, 11) is -2.30. The number of hydrogen-bond acceptors (Lipinski definition) is 5. The molecule has 2 aliphatic heterocycles. The number of methoxy groups -OCH3 is 1. The molecule has 1 aromatic heterocycles. The highest BCUT2D eigenvalue weighted by Crippen LogP contribution is 2.38. The van der Waals surface area contributed by atoms with E-state index in [1.165, 1.54) is 36.5 Å². The average Bonchev–Trinajstić information content (AvgIpc) is 2.68. The Hall–Kier alpha value is -2.65. The summed E-state index contributed by atoms with van der Waals surface area (Å²) in [4.78, 5) is 23.7. The molecule has 2 atom stereocenters. The monoisotopic (exact) mass is 417 g/mol. The van der Waals surface area contributed by atoms with Gasteiger partial charge in [-0.05, 0) is 36.6 Å². The van der Waals surface area contributed by atoms with Crippen molar-refractivity contribution in [2.45, 2.75) is 30.7 Å². The Bertz CT molecular complexity index is 1130. The Morgan fingerprint density at radius 1 is 1.17 bits per heavy atom. The van der Waals surface area contributed by atoms with E-state index in [4.69, 9.17) is 4.74 Å². The van der Waals surface area contributed by atoms with Gasteiger partial charge in [-0.25, -0.2) is 8.42 Å². The molecule has 1 N–H and O–H groups in total. The summed E-state index contributed by atoms with van der Waals surface area (Å²) < 4.78 is 35.2. The van der Waals surface area contributed by atoms with Crippen LogP contribution in [0.3, 0.4) is 0 Å². The van der Waals surface area contributed by atoms with E-state index >= 15 is 0 Å². The van der Waals surface area contributed by atoms with Crippen LogP contribution in [0.4, 0.5) is 5.69 Å². The minimum absolute atomic E-state index is 0.0146. The third-order valence-corrected chi connectivity index (χ3v) is 7.39. The molecule has 154 valence electrons. The van der Waals surface area contributed by atoms with Gasteiger partial charge in [0.15, 0.2) is 0 Å². The highest BCUT2D eigenvalue weighted by molar-refractivity contribution is 7.89. The second-order valence-electron chi connectivity index (χ2n) is 7.56. The number of amides is 1. The van der Waals surface area contributed by atoms with E-state index < -0.39 is 10.0 Å². The Morgan fingerprint density at radius 3 is 2.69 bits per heavy atom. The van der Waals surface area contributed by atoms with E-state index in [1.807, 2.05) is 6.07 Å². The molecular formula is C20H23N3O5S. The van der Waals surface area contributed by atoms with Crippen LogP contribution in [-0.2, 0) is 21.4 Å². The molecule has 9 heteroatoms. The second-order valence-corrected chi connectivity index (χ2v) is 9.50. The van der Waals surface area contributed by atoms with E-state index in [-0.39, 0.29) is 28.2 Å². The first-order chi connectivity index (χ1) is 13.8. The lowest BCUT2D eigenvalue weighted by molar-refractivity contribution is -0.114. The first-order valence-corrected chi connectivity index (χ1v) is 10.9. The standard InChI is InChI=1S/C20H23N3O5S/c1-13(24)21-17-9-16(6-7-19(17)28-2)29(26,27)22-10-14-8-15(12-22)18-4-3-5-20(25)23(18)11-14/h3-7,9,14-15H,8,10-12H2,1-2H3,(H,21,24)/t14-,15+/m1/s1. The second kappa shape index (κ2) is 7.31. The van der Waals surface area contributed by atoms with Gasteiger partial charge in [0.2, 0.25) is 15.9 Å². The van der Waals surface area contributed by atoms with Crippen LogP contribution in [0, 0.1) is 5.92 Å². The van der Waals surface area contributed by atoms with Gasteiger partial charge in [-0.1, -0.05) is 6.07 Å². The molecule has 1 amide bonds. The van der Waals surface area contributed by atoms with Gasteiger partial charge in [-0.15, -0.1) is 0 Å². The predicted octanol–water partition coefficient (Wildman–Crippen LogP) is 1.62. The average molecular weight is 417 g/mol. The fraction of sp³-hybridized carbons (Fsp3) is 0.400. The smallest absolute Gasteiger partial charge is 0.250 e. The molecule has 0 unspecified atom stereocenters. The minimum Gasteiger partial charge on any atom is -0.495 e. The molecule has 3 heterocycles. The van der Waals surface area contributed by atoms with E-state index in [2.05, 4.69) is 5.32 Å². The molecular weight excluding hydrogens is 394 g/mol. The first-order valence-electron chi connectivity index (χ1n) is 9.45. The van der Waals surface area contributed by atoms with Crippen LogP contribution in [0.5, 0.6) is 5.75 Å². The molecule has 0 radical (unpaired) electrons. The van der Waals surface area contributed by atoms with Crippen molar-refractivity contribution in [1.82, 2.24) is 8.87 Å². The van der Waals surface area contributed by atoms with Gasteiger partial charge >= 0.3 is 0 Å². The lowest BCUT2D eigenvalue weighted by Gasteiger charge is -2.42. The van der Waals surface area contributed by atoms with Gasteiger partial charge in [0.05, 0.1) is 17.7 Å². The third kappa shape index (κ3) is 3.56. The molecule has 1 fully saturated rings. The van der Waals surface area contributed by atoms with Crippen LogP contribution < -0.4 is 15.6 Å². The number of piperidine rings is 1. The first kappa shape index (κ1) is 19.7. The van der Waals surface area contributed by atoms with Gasteiger partial charge in [-0.2, -0.15) is 4.31 Å². The molecule has 0 spiro atoms. The van der Waals surface area contributed by atoms with Gasteiger partial charge in [0.25, 0.3) is 5.56 Å². The van der Waals surface area contributed by atoms with E-state index in [0.29, 0.717) is 31.1 Å². The van der Waals surface area contributed by atoms with Crippen molar-refractivity contribution in [2.24, 2.45) is 5.92 Å². The number of aromatic nitrogens is 1. The summed E-state index contributed by atoms with van der Waals surface area (Å²) in [5, 5.41) is 2.61. The fourth-order valence-electron chi connectivity index (χ4n) is 4.33. The summed E-state index contributed by atoms with van der Waals surface area (Å²) in [5.74, 6) is 0.152. The Morgan fingerprint density at radius 2 is 1.97 bits per heavy atom. The Balaban J connectivity index is 1.67. The van der Waals surface area contributed by atoms with Gasteiger partial charge in [0.1, 0.15) is 5.75 Å². The SMILES string of the molecule is COc1ccc(S(=O)(=O)N2C[C@H]3C[C@@H](C2)c2cccc(=O)n2C3)cc1NC(C)=O. The topological polar surface area (TPSA) is 97.7 Å². The zero-order valence-electron chi connectivity index (χ0n) is 16.3. The van der Waals surface area contributed by atoms with E-state index in [9.17, 15) is 18.0 Å². The molecule has 4 rings (SSSR count). The van der Waals surface area contributed by atoms with Crippen molar-refractivity contribution >= 4 is 21.6 Å². The van der Waals surface area contributed by atoms with Crippen LogP contribution in [0.1, 0.15) is 25.0 Å². The number of carbonyl (C=O) groups excluding carboxylic acids is 1. The van der Waals surface area contributed by atoms with Crippen molar-refractivity contribution in [1.29, 1.82) is 0 Å². The third-order valence-electron chi connectivity index (χ3n) is 5.57. The number of nitrogens with one attached hydrogen (secondary N) is 1. The number of nitrogens with zero attached hydrogens (tertiary/aromatic N) is 2. The zero-order valence-corrected chi connectivity index (χ0v) is 17.1. The van der Waals surface area contributed by atoms with Crippen molar-refractivity contribution in [2.75, 3.05) is 25.5 Å². The number of anilines is 1. The van der Waals surface area contributed by atoms with Gasteiger partial charge in [0, 0.05) is 44.2 Å². The summed E-state index contributed by atoms with van der Waals surface area (Å²) in [6, 6.07) is 9.63. The molecule has 1 saturated heterocycles. The van der Waals surface area contributed by atoms with E-state index in [0.717, 1.165) is 12.1 Å². The molecule has 8 nitrogen and oxygen atoms in total. The Labute approximate surface area is 169 Å². The maximum absolute atomic E-state index is 13.3. The summed E-state index contributed by atoms with van der Waals surface area (Å²) in [6.07, 6.45) is 0.870. The van der Waals surface area contributed by atoms with Crippen molar-refractivity contribution < 1.29 is 17.9 Å². The molecule has 2 aromatic rings. The quantitative estimate of drug-likeness (QED) is 0.815. The number of carbonyl (C=O) groups is 1. The number of rotatable bonds is 4. The van der Waals surface area contributed by atoms with Crippen LogP contribution in [0.2, 0.25) is 0 Å². The number of ether oxygens (including phenoxy) is 1. The van der Waals surface area contributed by atoms with Gasteiger partial charge < -0.3 is 14.6 Å². The fourth-order valence-corrected chi connectivity index (χ4v) is 5.92. The number of benzene rings is 1. The highest BCUT2D eigenvalue weighted by atomic mass is 32.2. The normalized spacial score (nSPS) is 21.3. The van der Waals surface area contributed by atoms with Crippen LogP contribution >= 0.6 is 0 Å². The van der Waals surface area contributed by atoms with Crippen LogP contribution in [0.25, 0.3) is 0 Å². The number of pyridine rings is 1. The molecule has 0 aliphatic carbocycles. The van der Waals surface area contributed by atoms with Gasteiger partial charge in [-0.3, -0.25) is 9.59 Å². The molecule has 0 saturated carbocycles. The minimum atomic E-state index is -3.76. The largest absolute Gasteiger partial charge is 0.495 e. The molecule has 29 heavy (non-hydrogen) atoms. The number of hydrogen-bond donors (Lipinski definition) is 1. The molecule has 1 aromatic carbocycles. The summed E-state index contributed by atoms with van der Waals surface area (Å²) >= 11 is 0. The van der Waals surface area contributed by atoms with Crippen molar-refractivity contribution in [3.8, 4) is 5.75 Å². The summed E-state index contributed by atoms with van der Waals surface area (Å²) in [6.45, 7) is 2.56. The Kier molecular flexibility index (Phi) is 4.95. The maximum Gasteiger partial charge on any atom is 0.250 e. The number of sulfonamides is 1. The van der Waals surface area contributed by atoms with Crippen molar-refractivity contribution in [3.05, 3.63) is 52.4 Å². The summed E-state index contributed by atoms with van der Waals surface area (Å²) in [5.41, 5.74) is 1.17. The van der Waals surface area contributed by atoms with Crippen LogP contribution in [-0.4, -0.2) is 43.4 Å². The van der Waals surface area contributed by atoms with Crippen molar-refractivity contribution in [3.63, 3.8) is 0 Å². The lowest BCUT2D eigenvalue weighted by atomic mass is 9.84. The lowest BCUT2D eigenvalue weighted by Crippen LogP contribution is -2.49. The van der Waals surface area contributed by atoms with E-state index in [1.54, 1.807) is 16.7 Å². The molecule has 2 aliphatic rings. The maximum atomic E-state index is 13.3.